The first-order chi connectivity index (χ1) is 12.9. The van der Waals surface area contributed by atoms with Crippen LogP contribution in [-0.2, 0) is 17.8 Å². The summed E-state index contributed by atoms with van der Waals surface area (Å²) >= 11 is 1.30. The maximum atomic E-state index is 13.0. The van der Waals surface area contributed by atoms with Crippen molar-refractivity contribution in [2.75, 3.05) is 11.9 Å². The van der Waals surface area contributed by atoms with Gasteiger partial charge in [-0.1, -0.05) is 44.2 Å². The molecular weight excluding hydrogens is 362 g/mol. The second kappa shape index (κ2) is 7.80. The lowest BCUT2D eigenvalue weighted by Crippen LogP contribution is -2.34. The maximum absolute atomic E-state index is 13.0. The predicted molar refractivity (Wildman–Crippen MR) is 104 cm³/mol. The van der Waals surface area contributed by atoms with Crippen LogP contribution in [0.15, 0.2) is 30.3 Å². The maximum Gasteiger partial charge on any atom is 0.407 e. The van der Waals surface area contributed by atoms with Crippen LogP contribution in [0.1, 0.15) is 41.3 Å². The molecule has 7 heteroatoms. The first kappa shape index (κ1) is 18.9. The van der Waals surface area contributed by atoms with Crippen molar-refractivity contribution in [2.24, 2.45) is 5.92 Å². The van der Waals surface area contributed by atoms with Crippen LogP contribution in [-0.4, -0.2) is 28.6 Å². The van der Waals surface area contributed by atoms with E-state index in [1.807, 2.05) is 44.2 Å². The van der Waals surface area contributed by atoms with E-state index in [1.165, 1.54) is 16.2 Å². The van der Waals surface area contributed by atoms with Gasteiger partial charge in [-0.05, 0) is 23.5 Å². The average molecular weight is 383 g/mol. The summed E-state index contributed by atoms with van der Waals surface area (Å²) in [5.41, 5.74) is 2.25. The standard InChI is InChI=1S/C20H21N3O3S/c1-12(2)17(13-6-4-3-5-7-13)18(24)22-19-15(10-21)14-8-9-23(20(25)26)11-16(14)27-19/h3-7,12,17H,8-9,11H2,1-2H3,(H,22,24)(H,25,26). The number of carbonyl (C=O) groups is 2. The highest BCUT2D eigenvalue weighted by Crippen LogP contribution is 2.37. The van der Waals surface area contributed by atoms with Gasteiger partial charge >= 0.3 is 6.09 Å². The number of carboxylic acid groups (broad SMARTS) is 1. The summed E-state index contributed by atoms with van der Waals surface area (Å²) in [6.45, 7) is 4.60. The number of nitrogens with zero attached hydrogens (tertiary/aromatic N) is 2. The minimum absolute atomic E-state index is 0.0926. The van der Waals surface area contributed by atoms with Gasteiger partial charge in [0.05, 0.1) is 18.0 Å². The number of amides is 2. The van der Waals surface area contributed by atoms with Gasteiger partial charge in [0.15, 0.2) is 0 Å². The van der Waals surface area contributed by atoms with Crippen molar-refractivity contribution in [3.05, 3.63) is 51.9 Å². The Morgan fingerprint density at radius 1 is 1.30 bits per heavy atom. The van der Waals surface area contributed by atoms with E-state index in [4.69, 9.17) is 0 Å². The van der Waals surface area contributed by atoms with E-state index in [9.17, 15) is 20.0 Å². The molecule has 1 aromatic carbocycles. The Morgan fingerprint density at radius 2 is 2.00 bits per heavy atom. The smallest absolute Gasteiger partial charge is 0.407 e. The lowest BCUT2D eigenvalue weighted by atomic mass is 9.87. The number of carbonyl (C=O) groups excluding carboxylic acids is 1. The molecule has 0 saturated heterocycles. The molecular formula is C20H21N3O3S. The van der Waals surface area contributed by atoms with Crippen molar-refractivity contribution in [1.29, 1.82) is 5.26 Å². The summed E-state index contributed by atoms with van der Waals surface area (Å²) in [6.07, 6.45) is -0.481. The van der Waals surface area contributed by atoms with Gasteiger partial charge in [0.1, 0.15) is 11.1 Å². The number of hydrogen-bond donors (Lipinski definition) is 2. The largest absolute Gasteiger partial charge is 0.465 e. The van der Waals surface area contributed by atoms with Gasteiger partial charge in [-0.3, -0.25) is 4.79 Å². The van der Waals surface area contributed by atoms with E-state index >= 15 is 0 Å². The Balaban J connectivity index is 1.88. The summed E-state index contributed by atoms with van der Waals surface area (Å²) < 4.78 is 0. The fourth-order valence-corrected chi connectivity index (χ4v) is 4.68. The first-order valence-corrected chi connectivity index (χ1v) is 9.62. The number of hydrogen-bond acceptors (Lipinski definition) is 4. The number of fused-ring (bicyclic) bond motifs is 1. The van der Waals surface area contributed by atoms with Crippen LogP contribution in [0.4, 0.5) is 9.80 Å². The van der Waals surface area contributed by atoms with E-state index < -0.39 is 6.09 Å². The quantitative estimate of drug-likeness (QED) is 0.833. The van der Waals surface area contributed by atoms with Crippen LogP contribution in [0.3, 0.4) is 0 Å². The van der Waals surface area contributed by atoms with Crippen LogP contribution in [0.2, 0.25) is 0 Å². The van der Waals surface area contributed by atoms with Crippen LogP contribution in [0.5, 0.6) is 0 Å². The van der Waals surface area contributed by atoms with E-state index in [-0.39, 0.29) is 24.3 Å². The molecule has 2 aromatic rings. The molecule has 6 nitrogen and oxygen atoms in total. The highest BCUT2D eigenvalue weighted by molar-refractivity contribution is 7.16. The molecule has 0 spiro atoms. The minimum Gasteiger partial charge on any atom is -0.465 e. The van der Waals surface area contributed by atoms with Crippen LogP contribution < -0.4 is 5.32 Å². The van der Waals surface area contributed by atoms with Crippen LogP contribution >= 0.6 is 11.3 Å². The third-order valence-electron chi connectivity index (χ3n) is 4.78. The minimum atomic E-state index is -0.970. The molecule has 1 aromatic heterocycles. The van der Waals surface area contributed by atoms with Gasteiger partial charge in [-0.25, -0.2) is 4.79 Å². The van der Waals surface area contributed by atoms with Gasteiger partial charge in [0.2, 0.25) is 5.91 Å². The average Bonchev–Trinajstić information content (AvgIpc) is 2.98. The number of thiophene rings is 1. The normalized spacial score (nSPS) is 14.4. The molecule has 0 saturated carbocycles. The Labute approximate surface area is 162 Å². The number of nitriles is 1. The molecule has 2 amide bonds. The lowest BCUT2D eigenvalue weighted by molar-refractivity contribution is -0.118. The number of benzene rings is 1. The SMILES string of the molecule is CC(C)C(C(=O)Nc1sc2c(c1C#N)CCN(C(=O)O)C2)c1ccccc1. The van der Waals surface area contributed by atoms with Gasteiger partial charge in [-0.2, -0.15) is 5.26 Å². The summed E-state index contributed by atoms with van der Waals surface area (Å²) in [7, 11) is 0. The lowest BCUT2D eigenvalue weighted by Gasteiger charge is -2.23. The highest BCUT2D eigenvalue weighted by atomic mass is 32.1. The first-order valence-electron chi connectivity index (χ1n) is 8.80. The van der Waals surface area contributed by atoms with E-state index in [0.717, 1.165) is 16.0 Å². The molecule has 1 aliphatic rings. The fourth-order valence-electron chi connectivity index (χ4n) is 3.46. The van der Waals surface area contributed by atoms with Gasteiger partial charge in [0, 0.05) is 11.4 Å². The number of rotatable bonds is 4. The van der Waals surface area contributed by atoms with Gasteiger partial charge in [-0.15, -0.1) is 11.3 Å². The zero-order valence-corrected chi connectivity index (χ0v) is 16.0. The zero-order chi connectivity index (χ0) is 19.6. The van der Waals surface area contributed by atoms with Crippen molar-refractivity contribution in [3.8, 4) is 6.07 Å². The molecule has 1 unspecified atom stereocenters. The summed E-state index contributed by atoms with van der Waals surface area (Å²) in [6, 6.07) is 11.8. The molecule has 27 heavy (non-hydrogen) atoms. The topological polar surface area (TPSA) is 93.4 Å². The van der Waals surface area contributed by atoms with Crippen molar-refractivity contribution in [3.63, 3.8) is 0 Å². The van der Waals surface area contributed by atoms with Crippen molar-refractivity contribution < 1.29 is 14.7 Å². The van der Waals surface area contributed by atoms with E-state index in [1.54, 1.807) is 0 Å². The van der Waals surface area contributed by atoms with Crippen LogP contribution in [0.25, 0.3) is 0 Å². The molecule has 0 radical (unpaired) electrons. The third kappa shape index (κ3) is 3.81. The van der Waals surface area contributed by atoms with Gasteiger partial charge < -0.3 is 15.3 Å². The highest BCUT2D eigenvalue weighted by Gasteiger charge is 2.29. The summed E-state index contributed by atoms with van der Waals surface area (Å²) in [5, 5.41) is 22.2. The van der Waals surface area contributed by atoms with Crippen molar-refractivity contribution >= 4 is 28.3 Å². The molecule has 1 aliphatic heterocycles. The molecule has 2 N–H and O–H groups in total. The Hall–Kier alpha value is -2.85. The van der Waals surface area contributed by atoms with E-state index in [2.05, 4.69) is 11.4 Å². The van der Waals surface area contributed by atoms with Crippen LogP contribution in [0, 0.1) is 17.2 Å². The fraction of sp³-hybridized carbons (Fsp3) is 0.350. The molecule has 0 aliphatic carbocycles. The molecule has 0 bridgehead atoms. The Bertz CT molecular complexity index is 899. The second-order valence-electron chi connectivity index (χ2n) is 6.90. The van der Waals surface area contributed by atoms with Gasteiger partial charge in [0.25, 0.3) is 0 Å². The number of anilines is 1. The van der Waals surface area contributed by atoms with Crippen molar-refractivity contribution in [1.82, 2.24) is 4.90 Å². The number of nitrogens with one attached hydrogen (secondary N) is 1. The summed E-state index contributed by atoms with van der Waals surface area (Å²) in [5.74, 6) is -0.385. The molecule has 140 valence electrons. The Kier molecular flexibility index (Phi) is 5.47. The molecule has 2 heterocycles. The van der Waals surface area contributed by atoms with E-state index in [0.29, 0.717) is 23.5 Å². The monoisotopic (exact) mass is 383 g/mol. The zero-order valence-electron chi connectivity index (χ0n) is 15.2. The molecule has 0 fully saturated rings. The Morgan fingerprint density at radius 3 is 2.59 bits per heavy atom. The predicted octanol–water partition coefficient (Wildman–Crippen LogP) is 4.03. The second-order valence-corrected chi connectivity index (χ2v) is 8.00. The van der Waals surface area contributed by atoms with Crippen molar-refractivity contribution in [2.45, 2.75) is 32.7 Å². The summed E-state index contributed by atoms with van der Waals surface area (Å²) in [4.78, 5) is 26.4. The molecule has 1 atom stereocenters. The molecule has 3 rings (SSSR count). The third-order valence-corrected chi connectivity index (χ3v) is 5.92.